The van der Waals surface area contributed by atoms with E-state index in [1.165, 1.54) is 0 Å². The molecular weight excluding hydrogens is 491 g/mol. The maximum atomic E-state index is 14.3. The molecule has 0 aromatic heterocycles. The maximum absolute atomic E-state index is 14.3. The predicted octanol–water partition coefficient (Wildman–Crippen LogP) is 5.32. The summed E-state index contributed by atoms with van der Waals surface area (Å²) in [5, 5.41) is 8.28. The van der Waals surface area contributed by atoms with Crippen molar-refractivity contribution in [3.05, 3.63) is 12.2 Å². The molecule has 188 valence electrons. The summed E-state index contributed by atoms with van der Waals surface area (Å²) in [5.74, 6) is -42.5. The highest BCUT2D eigenvalue weighted by molar-refractivity contribution is 5.90. The van der Waals surface area contributed by atoms with E-state index in [0.29, 0.717) is 20.8 Å². The molecule has 0 bridgehead atoms. The van der Waals surface area contributed by atoms with Crippen molar-refractivity contribution in [2.75, 3.05) is 0 Å². The third-order valence-electron chi connectivity index (χ3n) is 3.67. The molecule has 1 unspecified atom stereocenters. The van der Waals surface area contributed by atoms with E-state index in [-0.39, 0.29) is 12.2 Å². The highest BCUT2D eigenvalue weighted by Gasteiger charge is 2.91. The quantitative estimate of drug-likeness (QED) is 0.276. The molecule has 0 rings (SSSR count). The second kappa shape index (κ2) is 8.28. The van der Waals surface area contributed by atoms with Crippen molar-refractivity contribution in [2.45, 2.75) is 62.7 Å². The first-order valence-electron chi connectivity index (χ1n) is 7.77. The maximum Gasteiger partial charge on any atom is 0.460 e. The number of halogens is 13. The monoisotopic (exact) mass is 504 g/mol. The third-order valence-corrected chi connectivity index (χ3v) is 3.67. The van der Waals surface area contributed by atoms with Crippen LogP contribution in [0.1, 0.15) is 20.8 Å². The van der Waals surface area contributed by atoms with E-state index in [1.807, 2.05) is 0 Å². The van der Waals surface area contributed by atoms with Crippen molar-refractivity contribution < 1.29 is 76.5 Å². The molecule has 1 N–H and O–H groups in total. The van der Waals surface area contributed by atoms with Crippen LogP contribution in [0.5, 0.6) is 0 Å². The Morgan fingerprint density at radius 3 is 1.38 bits per heavy atom. The Kier molecular flexibility index (Phi) is 7.70. The molecule has 0 aromatic carbocycles. The van der Waals surface area contributed by atoms with Crippen LogP contribution in [0.2, 0.25) is 0 Å². The van der Waals surface area contributed by atoms with E-state index in [1.54, 1.807) is 0 Å². The van der Waals surface area contributed by atoms with Gasteiger partial charge in [0.1, 0.15) is 0 Å². The number of carboxylic acids is 1. The number of rotatable bonds is 8. The van der Waals surface area contributed by atoms with Crippen LogP contribution in [0.3, 0.4) is 0 Å². The van der Waals surface area contributed by atoms with Gasteiger partial charge in [0.05, 0.1) is 0 Å². The Labute approximate surface area is 170 Å². The second-order valence-corrected chi connectivity index (χ2v) is 7.27. The number of alkyl halides is 13. The van der Waals surface area contributed by atoms with Gasteiger partial charge in [-0.05, 0) is 0 Å². The fourth-order valence-corrected chi connectivity index (χ4v) is 2.04. The fraction of sp³-hybridized carbons (Fsp3) is 0.733. The first-order valence-corrected chi connectivity index (χ1v) is 7.77. The van der Waals surface area contributed by atoms with Crippen LogP contribution < -0.4 is 0 Å². The molecule has 0 aliphatic heterocycles. The van der Waals surface area contributed by atoms with Crippen LogP contribution in [0.15, 0.2) is 12.2 Å². The van der Waals surface area contributed by atoms with Gasteiger partial charge in [0, 0.05) is 17.6 Å². The van der Waals surface area contributed by atoms with Crippen molar-refractivity contribution in [1.82, 2.24) is 0 Å². The van der Waals surface area contributed by atoms with Gasteiger partial charge in [0.25, 0.3) is 0 Å². The van der Waals surface area contributed by atoms with E-state index in [9.17, 15) is 66.7 Å². The van der Waals surface area contributed by atoms with Gasteiger partial charge in [-0.3, -0.25) is 0 Å². The molecule has 0 amide bonds. The largest absolute Gasteiger partial charge is 0.478 e. The summed E-state index contributed by atoms with van der Waals surface area (Å²) in [4.78, 5) is 21.6. The summed E-state index contributed by atoms with van der Waals surface area (Å²) in [6, 6.07) is 0. The Bertz CT molecular complexity index is 747. The molecule has 0 saturated carbocycles. The van der Waals surface area contributed by atoms with Crippen LogP contribution in [0, 0.1) is 5.41 Å². The zero-order valence-corrected chi connectivity index (χ0v) is 15.8. The lowest BCUT2D eigenvalue weighted by Gasteiger charge is -2.44. The molecule has 0 aliphatic carbocycles. The number of carboxylic acid groups (broad SMARTS) is 1. The number of ether oxygens (including phenoxy) is 1. The van der Waals surface area contributed by atoms with Crippen LogP contribution in [-0.2, 0) is 14.3 Å². The second-order valence-electron chi connectivity index (χ2n) is 7.27. The molecule has 0 spiro atoms. The van der Waals surface area contributed by atoms with Crippen molar-refractivity contribution in [2.24, 2.45) is 5.41 Å². The van der Waals surface area contributed by atoms with Crippen molar-refractivity contribution >= 4 is 11.9 Å². The average Bonchev–Trinajstić information content (AvgIpc) is 2.54. The minimum atomic E-state index is -8.10. The van der Waals surface area contributed by atoms with Gasteiger partial charge >= 0.3 is 47.7 Å². The minimum absolute atomic E-state index is 0.0923. The molecule has 17 heteroatoms. The molecule has 0 heterocycles. The van der Waals surface area contributed by atoms with Gasteiger partial charge < -0.3 is 9.84 Å². The number of esters is 1. The molecule has 1 atom stereocenters. The number of hydrogen-bond donors (Lipinski definition) is 1. The number of hydrogen-bond acceptors (Lipinski definition) is 3. The zero-order chi connectivity index (χ0) is 26.4. The van der Waals surface area contributed by atoms with Crippen molar-refractivity contribution in [3.63, 3.8) is 0 Å². The highest BCUT2D eigenvalue weighted by atomic mass is 19.4. The SMILES string of the molecule is CC(C)(C)C(OC(=O)/C=C/C(=O)O)C(F)(F)C(F)(F)C(F)(F)C(F)(F)C(F)(F)C(F)(F)F. The summed E-state index contributed by atoms with van der Waals surface area (Å²) in [5.41, 5.74) is -2.56. The van der Waals surface area contributed by atoms with Gasteiger partial charge in [-0.15, -0.1) is 0 Å². The predicted molar refractivity (Wildman–Crippen MR) is 76.9 cm³/mol. The average molecular weight is 504 g/mol. The van der Waals surface area contributed by atoms with Gasteiger partial charge in [-0.1, -0.05) is 20.8 Å². The summed E-state index contributed by atoms with van der Waals surface area (Å²) < 4.78 is 176. The van der Waals surface area contributed by atoms with Gasteiger partial charge in [-0.25, -0.2) is 9.59 Å². The number of carbonyl (C=O) groups excluding carboxylic acids is 1. The first kappa shape index (κ1) is 29.8. The standard InChI is InChI=1S/C15H13F13O4/c1-9(2,3)8(32-7(31)5-4-6(29)30)10(16,17)11(18,19)12(20,21)13(22,23)14(24,25)15(26,27)28/h4-5,8H,1-3H3,(H,29,30)/b5-4+. The van der Waals surface area contributed by atoms with E-state index in [4.69, 9.17) is 5.11 Å². The van der Waals surface area contributed by atoms with Crippen LogP contribution >= 0.6 is 0 Å². The van der Waals surface area contributed by atoms with Gasteiger partial charge in [0.2, 0.25) is 0 Å². The third kappa shape index (κ3) is 4.89. The van der Waals surface area contributed by atoms with Gasteiger partial charge in [-0.2, -0.15) is 57.1 Å². The lowest BCUT2D eigenvalue weighted by atomic mass is 9.80. The van der Waals surface area contributed by atoms with Gasteiger partial charge in [0.15, 0.2) is 6.10 Å². The lowest BCUT2D eigenvalue weighted by Crippen LogP contribution is -2.72. The molecule has 0 fully saturated rings. The molecule has 0 aromatic rings. The van der Waals surface area contributed by atoms with E-state index in [2.05, 4.69) is 4.74 Å². The van der Waals surface area contributed by atoms with Crippen LogP contribution in [0.4, 0.5) is 57.1 Å². The molecule has 0 aliphatic rings. The van der Waals surface area contributed by atoms with Crippen LogP contribution in [0.25, 0.3) is 0 Å². The molecule has 0 radical (unpaired) electrons. The Balaban J connectivity index is 6.63. The van der Waals surface area contributed by atoms with E-state index >= 15 is 0 Å². The summed E-state index contributed by atoms with van der Waals surface area (Å²) in [7, 11) is 0. The molecule has 4 nitrogen and oxygen atoms in total. The number of aliphatic carboxylic acids is 1. The van der Waals surface area contributed by atoms with Crippen molar-refractivity contribution in [3.8, 4) is 0 Å². The lowest BCUT2D eigenvalue weighted by molar-refractivity contribution is -0.446. The Hall–Kier alpha value is -2.23. The summed E-state index contributed by atoms with van der Waals surface area (Å²) >= 11 is 0. The summed E-state index contributed by atoms with van der Waals surface area (Å²) in [6.45, 7) is 1.49. The molecular formula is C15H13F13O4. The van der Waals surface area contributed by atoms with E-state index < -0.39 is 59.2 Å². The van der Waals surface area contributed by atoms with Crippen LogP contribution in [-0.4, -0.2) is 58.9 Å². The number of carbonyl (C=O) groups is 2. The zero-order valence-electron chi connectivity index (χ0n) is 15.8. The Morgan fingerprint density at radius 1 is 0.688 bits per heavy atom. The minimum Gasteiger partial charge on any atom is -0.478 e. The topological polar surface area (TPSA) is 63.6 Å². The van der Waals surface area contributed by atoms with Crippen molar-refractivity contribution in [1.29, 1.82) is 0 Å². The fourth-order valence-electron chi connectivity index (χ4n) is 2.04. The Morgan fingerprint density at radius 2 is 1.06 bits per heavy atom. The first-order chi connectivity index (χ1) is 13.7. The molecule has 32 heavy (non-hydrogen) atoms. The normalized spacial score (nSPS) is 16.2. The smallest absolute Gasteiger partial charge is 0.460 e. The van der Waals surface area contributed by atoms with E-state index in [0.717, 1.165) is 0 Å². The highest BCUT2D eigenvalue weighted by Crippen LogP contribution is 2.61. The molecule has 0 saturated heterocycles. The summed E-state index contributed by atoms with van der Waals surface area (Å²) in [6.07, 6.45) is -11.7.